The Hall–Kier alpha value is -3.68. The molecule has 1 saturated heterocycles. The number of amides is 2. The number of pyridine rings is 1. The number of nitrogens with zero attached hydrogens (tertiary/aromatic N) is 3. The van der Waals surface area contributed by atoms with Crippen molar-refractivity contribution in [2.24, 2.45) is 5.92 Å². The average Bonchev–Trinajstić information content (AvgIpc) is 3.33. The maximum atomic E-state index is 13.0. The van der Waals surface area contributed by atoms with Crippen LogP contribution in [0.1, 0.15) is 28.9 Å². The van der Waals surface area contributed by atoms with Gasteiger partial charge in [-0.1, -0.05) is 23.4 Å². The summed E-state index contributed by atoms with van der Waals surface area (Å²) in [4.78, 5) is 31.3. The number of carbonyl (C=O) groups excluding carboxylic acids is 2. The summed E-state index contributed by atoms with van der Waals surface area (Å²) in [5, 5.41) is 6.90. The van der Waals surface area contributed by atoms with Crippen LogP contribution < -0.4 is 10.1 Å². The first-order chi connectivity index (χ1) is 15.2. The van der Waals surface area contributed by atoms with Crippen LogP contribution in [0.5, 0.6) is 5.75 Å². The highest BCUT2D eigenvalue weighted by atomic mass is 16.5. The molecular weight excluding hydrogens is 396 g/mol. The molecule has 0 bridgehead atoms. The summed E-state index contributed by atoms with van der Waals surface area (Å²) in [6.07, 6.45) is 4.92. The number of rotatable bonds is 6. The lowest BCUT2D eigenvalue weighted by molar-refractivity contribution is -0.126. The molecule has 2 aromatic heterocycles. The van der Waals surface area contributed by atoms with Crippen molar-refractivity contribution in [3.63, 3.8) is 0 Å². The Morgan fingerprint density at radius 3 is 2.94 bits per heavy atom. The number of aromatic nitrogens is 2. The molecule has 0 aliphatic carbocycles. The third-order valence-electron chi connectivity index (χ3n) is 5.37. The molecule has 8 nitrogen and oxygen atoms in total. The zero-order chi connectivity index (χ0) is 21.6. The van der Waals surface area contributed by atoms with Gasteiger partial charge in [0, 0.05) is 38.1 Å². The van der Waals surface area contributed by atoms with E-state index in [1.165, 1.54) is 0 Å². The fourth-order valence-electron chi connectivity index (χ4n) is 3.72. The Morgan fingerprint density at radius 1 is 1.26 bits per heavy atom. The van der Waals surface area contributed by atoms with E-state index in [0.29, 0.717) is 31.1 Å². The number of nitrogens with one attached hydrogen (secondary N) is 1. The molecule has 0 saturated carbocycles. The third kappa shape index (κ3) is 4.74. The van der Waals surface area contributed by atoms with Crippen molar-refractivity contribution in [1.29, 1.82) is 0 Å². The minimum Gasteiger partial charge on any atom is -0.496 e. The Labute approximate surface area is 180 Å². The Kier molecular flexibility index (Phi) is 6.26. The van der Waals surface area contributed by atoms with E-state index in [1.807, 2.05) is 36.4 Å². The van der Waals surface area contributed by atoms with E-state index >= 15 is 0 Å². The number of methoxy groups -OCH3 is 1. The quantitative estimate of drug-likeness (QED) is 0.659. The summed E-state index contributed by atoms with van der Waals surface area (Å²) in [5.74, 6) is 0.547. The van der Waals surface area contributed by atoms with Crippen molar-refractivity contribution in [3.8, 4) is 17.1 Å². The lowest BCUT2D eigenvalue weighted by Crippen LogP contribution is -2.45. The van der Waals surface area contributed by atoms with Crippen LogP contribution in [0, 0.1) is 5.92 Å². The monoisotopic (exact) mass is 420 g/mol. The van der Waals surface area contributed by atoms with Gasteiger partial charge in [-0.2, -0.15) is 0 Å². The topological polar surface area (TPSA) is 97.6 Å². The minimum atomic E-state index is -0.255. The summed E-state index contributed by atoms with van der Waals surface area (Å²) in [6.45, 7) is 1.36. The second kappa shape index (κ2) is 9.42. The molecule has 1 N–H and O–H groups in total. The number of likely N-dealkylation sites (tertiary alicyclic amines) is 1. The summed E-state index contributed by atoms with van der Waals surface area (Å²) < 4.78 is 10.8. The first-order valence-corrected chi connectivity index (χ1v) is 10.2. The summed E-state index contributed by atoms with van der Waals surface area (Å²) >= 11 is 0. The van der Waals surface area contributed by atoms with Gasteiger partial charge in [-0.05, 0) is 36.6 Å². The van der Waals surface area contributed by atoms with E-state index in [9.17, 15) is 9.59 Å². The van der Waals surface area contributed by atoms with E-state index in [1.54, 1.807) is 30.5 Å². The van der Waals surface area contributed by atoms with Crippen LogP contribution in [0.25, 0.3) is 11.3 Å². The van der Waals surface area contributed by atoms with Crippen molar-refractivity contribution in [3.05, 3.63) is 66.1 Å². The number of hydrogen-bond acceptors (Lipinski definition) is 6. The molecule has 2 amide bonds. The van der Waals surface area contributed by atoms with Crippen LogP contribution in [-0.2, 0) is 11.3 Å². The van der Waals surface area contributed by atoms with Gasteiger partial charge in [-0.25, -0.2) is 0 Å². The second-order valence-corrected chi connectivity index (χ2v) is 7.45. The molecular formula is C23H24N4O4. The van der Waals surface area contributed by atoms with Gasteiger partial charge in [0.1, 0.15) is 5.75 Å². The van der Waals surface area contributed by atoms with E-state index in [-0.39, 0.29) is 23.4 Å². The first kappa shape index (κ1) is 20.6. The van der Waals surface area contributed by atoms with Gasteiger partial charge in [0.15, 0.2) is 11.5 Å². The van der Waals surface area contributed by atoms with Crippen LogP contribution in [0.2, 0.25) is 0 Å². The number of para-hydroxylation sites is 1. The fourth-order valence-corrected chi connectivity index (χ4v) is 3.72. The summed E-state index contributed by atoms with van der Waals surface area (Å²) in [5.41, 5.74) is 1.88. The molecule has 1 fully saturated rings. The summed E-state index contributed by atoms with van der Waals surface area (Å²) in [6, 6.07) is 12.7. The Morgan fingerprint density at radius 2 is 2.13 bits per heavy atom. The van der Waals surface area contributed by atoms with E-state index in [0.717, 1.165) is 24.0 Å². The predicted octanol–water partition coefficient (Wildman–Crippen LogP) is 2.91. The molecule has 1 aromatic carbocycles. The van der Waals surface area contributed by atoms with E-state index in [2.05, 4.69) is 15.5 Å². The van der Waals surface area contributed by atoms with Gasteiger partial charge in [0.25, 0.3) is 5.91 Å². The molecule has 1 aliphatic heterocycles. The van der Waals surface area contributed by atoms with Gasteiger partial charge in [-0.3, -0.25) is 14.6 Å². The number of hydrogen-bond donors (Lipinski definition) is 1. The van der Waals surface area contributed by atoms with Crippen molar-refractivity contribution in [1.82, 2.24) is 20.4 Å². The van der Waals surface area contributed by atoms with Crippen LogP contribution in [0.4, 0.5) is 0 Å². The molecule has 4 rings (SSSR count). The summed E-state index contributed by atoms with van der Waals surface area (Å²) in [7, 11) is 1.58. The Balaban J connectivity index is 1.40. The lowest BCUT2D eigenvalue weighted by Gasteiger charge is -2.31. The fraction of sp³-hybridized carbons (Fsp3) is 0.304. The minimum absolute atomic E-state index is 0.0591. The molecule has 0 spiro atoms. The highest BCUT2D eigenvalue weighted by Gasteiger charge is 2.30. The molecule has 0 radical (unpaired) electrons. The highest BCUT2D eigenvalue weighted by molar-refractivity contribution is 5.94. The normalized spacial score (nSPS) is 16.0. The number of benzene rings is 1. The average molecular weight is 420 g/mol. The largest absolute Gasteiger partial charge is 0.496 e. The Bertz CT molecular complexity index is 1050. The molecule has 0 unspecified atom stereocenters. The molecule has 8 heteroatoms. The maximum Gasteiger partial charge on any atom is 0.276 e. The van der Waals surface area contributed by atoms with Crippen LogP contribution in [0.3, 0.4) is 0 Å². The van der Waals surface area contributed by atoms with Crippen molar-refractivity contribution < 1.29 is 18.8 Å². The third-order valence-corrected chi connectivity index (χ3v) is 5.37. The lowest BCUT2D eigenvalue weighted by atomic mass is 9.96. The smallest absolute Gasteiger partial charge is 0.276 e. The maximum absolute atomic E-state index is 13.0. The first-order valence-electron chi connectivity index (χ1n) is 10.2. The van der Waals surface area contributed by atoms with Gasteiger partial charge in [0.05, 0.1) is 18.6 Å². The number of piperidine rings is 1. The number of carbonyl (C=O) groups is 2. The van der Waals surface area contributed by atoms with Gasteiger partial charge in [0.2, 0.25) is 5.91 Å². The molecule has 3 heterocycles. The molecule has 31 heavy (non-hydrogen) atoms. The SMILES string of the molecule is COc1ccccc1-c1cc(C(=O)N2CCC[C@H](C(=O)NCc3cccnc3)C2)no1. The number of ether oxygens (including phenoxy) is 1. The van der Waals surface area contributed by atoms with Crippen molar-refractivity contribution in [2.75, 3.05) is 20.2 Å². The predicted molar refractivity (Wildman–Crippen MR) is 113 cm³/mol. The zero-order valence-corrected chi connectivity index (χ0v) is 17.3. The standard InChI is InChI=1S/C23H24N4O4/c1-30-20-9-3-2-8-18(20)21-12-19(26-31-21)23(29)27-11-5-7-17(15-27)22(28)25-14-16-6-4-10-24-13-16/h2-4,6,8-10,12-13,17H,5,7,11,14-15H2,1H3,(H,25,28)/t17-/m0/s1. The zero-order valence-electron chi connectivity index (χ0n) is 17.3. The van der Waals surface area contributed by atoms with E-state index in [4.69, 9.17) is 9.26 Å². The molecule has 160 valence electrons. The molecule has 1 aliphatic rings. The van der Waals surface area contributed by atoms with E-state index < -0.39 is 0 Å². The highest BCUT2D eigenvalue weighted by Crippen LogP contribution is 2.30. The van der Waals surface area contributed by atoms with Crippen LogP contribution in [-0.4, -0.2) is 47.1 Å². The van der Waals surface area contributed by atoms with Gasteiger partial charge >= 0.3 is 0 Å². The van der Waals surface area contributed by atoms with Crippen LogP contribution in [0.15, 0.2) is 59.4 Å². The molecule has 3 aromatic rings. The molecule has 1 atom stereocenters. The van der Waals surface area contributed by atoms with Crippen molar-refractivity contribution in [2.45, 2.75) is 19.4 Å². The van der Waals surface area contributed by atoms with Crippen molar-refractivity contribution >= 4 is 11.8 Å². The second-order valence-electron chi connectivity index (χ2n) is 7.45. The van der Waals surface area contributed by atoms with Gasteiger partial charge in [-0.15, -0.1) is 0 Å². The van der Waals surface area contributed by atoms with Gasteiger partial charge < -0.3 is 19.5 Å². The van der Waals surface area contributed by atoms with Crippen LogP contribution >= 0.6 is 0 Å².